The fraction of sp³-hybridized carbons (Fsp3) is 0.231. The van der Waals surface area contributed by atoms with Gasteiger partial charge in [0.15, 0.2) is 11.4 Å². The molecule has 52 heavy (non-hydrogen) atoms. The Morgan fingerprint density at radius 3 is 1.38 bits per heavy atom. The van der Waals surface area contributed by atoms with E-state index in [4.69, 9.17) is 19.9 Å². The summed E-state index contributed by atoms with van der Waals surface area (Å²) >= 11 is 0. The van der Waals surface area contributed by atoms with Crippen molar-refractivity contribution in [2.75, 3.05) is 26.3 Å². The molecule has 0 unspecified atom stereocenters. The number of fused-ring (bicyclic) bond motifs is 3. The number of carbonyl (C=O) groups is 4. The minimum Gasteiger partial charge on any atom is -0.396 e. The van der Waals surface area contributed by atoms with E-state index >= 15 is 0 Å². The van der Waals surface area contributed by atoms with E-state index in [2.05, 4.69) is 25.5 Å². The molecule has 1 heterocycles. The van der Waals surface area contributed by atoms with E-state index in [0.717, 1.165) is 11.0 Å². The molecule has 0 spiro atoms. The molecule has 5 aromatic rings. The summed E-state index contributed by atoms with van der Waals surface area (Å²) in [6, 6.07) is 27.7. The van der Waals surface area contributed by atoms with E-state index in [9.17, 15) is 19.2 Å². The second kappa shape index (κ2) is 17.7. The van der Waals surface area contributed by atoms with E-state index in [-0.39, 0.29) is 54.9 Å². The van der Waals surface area contributed by atoms with Crippen molar-refractivity contribution in [2.24, 2.45) is 10.3 Å². The summed E-state index contributed by atoms with van der Waals surface area (Å²) in [6.07, 6.45) is -1.07. The molecule has 5 rings (SSSR count). The summed E-state index contributed by atoms with van der Waals surface area (Å²) in [5.74, 6) is -0.997. The minimum atomic E-state index is -0.867. The predicted octanol–water partition coefficient (Wildman–Crippen LogP) is 5.77. The van der Waals surface area contributed by atoms with Gasteiger partial charge in [0.05, 0.1) is 0 Å². The number of hydrogen-bond acceptors (Lipinski definition) is 10. The lowest BCUT2D eigenvalue weighted by atomic mass is 9.97. The highest BCUT2D eigenvalue weighted by molar-refractivity contribution is 6.52. The van der Waals surface area contributed by atoms with Crippen LogP contribution < -0.4 is 10.6 Å². The van der Waals surface area contributed by atoms with Crippen molar-refractivity contribution in [3.8, 4) is 0 Å². The number of aromatic nitrogens is 1. The third-order valence-corrected chi connectivity index (χ3v) is 8.02. The molecule has 4 N–H and O–H groups in total. The van der Waals surface area contributed by atoms with Crippen molar-refractivity contribution < 1.29 is 39.1 Å². The van der Waals surface area contributed by atoms with Crippen LogP contribution in [0.3, 0.4) is 0 Å². The van der Waals surface area contributed by atoms with Gasteiger partial charge in [-0.1, -0.05) is 71.0 Å². The molecule has 13 nitrogen and oxygen atoms in total. The van der Waals surface area contributed by atoms with Crippen LogP contribution in [-0.4, -0.2) is 76.3 Å². The Bertz CT molecular complexity index is 1980. The number of aliphatic hydroxyl groups excluding tert-OH is 2. The van der Waals surface area contributed by atoms with Crippen LogP contribution in [0.15, 0.2) is 107 Å². The van der Waals surface area contributed by atoms with Crippen LogP contribution in [0.5, 0.6) is 0 Å². The maximum Gasteiger partial charge on any atom is 0.433 e. The number of Topliss-reactive ketones (excluding diaryl/α,β-unsaturated/α-hetero) is 2. The zero-order valence-electron chi connectivity index (χ0n) is 28.7. The monoisotopic (exact) mass is 705 g/mol. The molecule has 0 atom stereocenters. The van der Waals surface area contributed by atoms with Gasteiger partial charge in [-0.05, 0) is 63.1 Å². The Labute approximate surface area is 299 Å². The Hall–Kier alpha value is -6.18. The zero-order chi connectivity index (χ0) is 37.0. The molecule has 0 aliphatic rings. The van der Waals surface area contributed by atoms with Gasteiger partial charge in [-0.3, -0.25) is 19.3 Å². The first-order valence-corrected chi connectivity index (χ1v) is 16.8. The smallest absolute Gasteiger partial charge is 0.396 e. The van der Waals surface area contributed by atoms with E-state index in [0.29, 0.717) is 34.7 Å². The highest BCUT2D eigenvalue weighted by Gasteiger charge is 2.23. The number of carbonyl (C=O) groups excluding carboxylic acids is 4. The number of benzene rings is 4. The van der Waals surface area contributed by atoms with E-state index in [1.54, 1.807) is 84.9 Å². The molecule has 0 aliphatic carbocycles. The molecule has 0 radical (unpaired) electrons. The molecular weight excluding hydrogens is 666 g/mol. The van der Waals surface area contributed by atoms with Crippen molar-refractivity contribution in [2.45, 2.75) is 32.7 Å². The van der Waals surface area contributed by atoms with Crippen molar-refractivity contribution in [1.82, 2.24) is 15.2 Å². The normalized spacial score (nSPS) is 11.9. The van der Waals surface area contributed by atoms with Crippen molar-refractivity contribution in [3.63, 3.8) is 0 Å². The standard InChI is InChI=1S/C39H39N5O8/c1-25(2)44-32-17-15-28(36(47)34(26-11-5-3-6-12-26)42-51-38(49)40-19-9-21-45)23-30(32)31-24-29(16-18-33(31)44)37(48)35(27-13-7-4-8-14-27)43-52-39(50)41-20-10-22-46/h3-8,11-18,23-25,45-46H,9-10,19-22H2,1-2H3,(H,40,49)(H,41,50)/b42-34+,43-35+. The first-order valence-electron chi connectivity index (χ1n) is 16.8. The fourth-order valence-corrected chi connectivity index (χ4v) is 5.59. The second-order valence-corrected chi connectivity index (χ2v) is 12.0. The number of ketones is 2. The van der Waals surface area contributed by atoms with Gasteiger partial charge in [-0.2, -0.15) is 0 Å². The minimum absolute atomic E-state index is 0.0153. The van der Waals surface area contributed by atoms with Crippen LogP contribution in [0.2, 0.25) is 0 Å². The van der Waals surface area contributed by atoms with E-state index < -0.39 is 23.8 Å². The molecule has 4 aromatic carbocycles. The number of hydrogen-bond donors (Lipinski definition) is 4. The predicted molar refractivity (Wildman–Crippen MR) is 197 cm³/mol. The van der Waals surface area contributed by atoms with Gasteiger partial charge >= 0.3 is 12.2 Å². The third kappa shape index (κ3) is 8.75. The summed E-state index contributed by atoms with van der Waals surface area (Å²) in [5.41, 5.74) is 2.87. The van der Waals surface area contributed by atoms with Crippen LogP contribution in [0.1, 0.15) is 64.6 Å². The van der Waals surface area contributed by atoms with Crippen molar-refractivity contribution >= 4 is 57.0 Å². The number of amides is 2. The van der Waals surface area contributed by atoms with Gasteiger partial charge in [-0.25, -0.2) is 9.59 Å². The SMILES string of the molecule is CC(C)n1c2ccc(C(=O)/C(=N/OC(=O)NCCCO)c3ccccc3)cc2c2cc(C(=O)/C(=N/OC(=O)NCCCO)c3ccccc3)ccc21. The summed E-state index contributed by atoms with van der Waals surface area (Å²) < 4.78 is 2.10. The molecule has 0 saturated carbocycles. The number of nitrogens with zero attached hydrogens (tertiary/aromatic N) is 3. The average molecular weight is 706 g/mol. The lowest BCUT2D eigenvalue weighted by molar-refractivity contribution is 0.104. The van der Waals surface area contributed by atoms with Gasteiger partial charge in [0, 0.05) is 76.4 Å². The average Bonchev–Trinajstić information content (AvgIpc) is 3.49. The molecule has 268 valence electrons. The van der Waals surface area contributed by atoms with Gasteiger partial charge in [0.1, 0.15) is 0 Å². The molecule has 0 bridgehead atoms. The highest BCUT2D eigenvalue weighted by Crippen LogP contribution is 2.34. The summed E-state index contributed by atoms with van der Waals surface area (Å²) in [4.78, 5) is 62.7. The quantitative estimate of drug-likeness (QED) is 0.0348. The van der Waals surface area contributed by atoms with Crippen LogP contribution in [0, 0.1) is 0 Å². The molecule has 2 amide bonds. The summed E-state index contributed by atoms with van der Waals surface area (Å²) in [7, 11) is 0. The number of nitrogens with one attached hydrogen (secondary N) is 2. The Morgan fingerprint density at radius 1 is 0.615 bits per heavy atom. The third-order valence-electron chi connectivity index (χ3n) is 8.02. The number of oxime groups is 2. The molecule has 13 heteroatoms. The summed E-state index contributed by atoms with van der Waals surface area (Å²) in [5, 5.41) is 32.2. The molecule has 0 saturated heterocycles. The summed E-state index contributed by atoms with van der Waals surface area (Å²) in [6.45, 7) is 4.20. The fourth-order valence-electron chi connectivity index (χ4n) is 5.59. The molecule has 0 fully saturated rings. The first kappa shape index (κ1) is 37.1. The van der Waals surface area contributed by atoms with E-state index in [1.807, 2.05) is 26.0 Å². The van der Waals surface area contributed by atoms with Gasteiger partial charge in [0.25, 0.3) is 0 Å². The number of aliphatic hydroxyl groups is 2. The second-order valence-electron chi connectivity index (χ2n) is 12.0. The van der Waals surface area contributed by atoms with Gasteiger partial charge in [0.2, 0.25) is 11.6 Å². The topological polar surface area (TPSA) is 181 Å². The highest BCUT2D eigenvalue weighted by atomic mass is 16.7. The maximum atomic E-state index is 14.1. The van der Waals surface area contributed by atoms with Gasteiger partial charge < -0.3 is 25.4 Å². The Balaban J connectivity index is 1.56. The Morgan fingerprint density at radius 2 is 1.02 bits per heavy atom. The van der Waals surface area contributed by atoms with E-state index in [1.165, 1.54) is 0 Å². The lowest BCUT2D eigenvalue weighted by Gasteiger charge is -2.12. The van der Waals surface area contributed by atoms with Crippen LogP contribution in [0.25, 0.3) is 21.8 Å². The molecule has 0 aliphatic heterocycles. The largest absolute Gasteiger partial charge is 0.433 e. The lowest BCUT2D eigenvalue weighted by Crippen LogP contribution is -2.26. The maximum absolute atomic E-state index is 14.1. The molecule has 1 aromatic heterocycles. The number of rotatable bonds is 15. The molecular formula is C39H39N5O8. The van der Waals surface area contributed by atoms with Gasteiger partial charge in [-0.15, -0.1) is 0 Å². The van der Waals surface area contributed by atoms with Crippen molar-refractivity contribution in [3.05, 3.63) is 119 Å². The Kier molecular flexibility index (Phi) is 12.6. The first-order chi connectivity index (χ1) is 25.2. The van der Waals surface area contributed by atoms with Crippen LogP contribution in [-0.2, 0) is 9.68 Å². The van der Waals surface area contributed by atoms with Crippen LogP contribution >= 0.6 is 0 Å². The van der Waals surface area contributed by atoms with Crippen LogP contribution in [0.4, 0.5) is 9.59 Å². The van der Waals surface area contributed by atoms with Crippen molar-refractivity contribution in [1.29, 1.82) is 0 Å². The zero-order valence-corrected chi connectivity index (χ0v) is 28.7.